The first-order chi connectivity index (χ1) is 1.41. The fraction of sp³-hybridized carbons (Fsp3) is 0. The minimum absolute atomic E-state index is 0. The minimum atomic E-state index is 0. The summed E-state index contributed by atoms with van der Waals surface area (Å²) in [6.07, 6.45) is 0. The van der Waals surface area contributed by atoms with Gasteiger partial charge in [-0.3, -0.25) is 0 Å². The molecule has 0 bridgehead atoms. The molecule has 0 unspecified atom stereocenters. The molecule has 0 rings (SSSR count). The molecular formula is Br2OV. The van der Waals surface area contributed by atoms with Crippen molar-refractivity contribution in [1.29, 1.82) is 0 Å². The van der Waals surface area contributed by atoms with Gasteiger partial charge in [0.25, 0.3) is 0 Å². The molecule has 0 aliphatic heterocycles. The molecule has 0 amide bonds. The fourth-order valence-corrected chi connectivity index (χ4v) is 0. The summed E-state index contributed by atoms with van der Waals surface area (Å²) in [6, 6.07) is 0. The van der Waals surface area contributed by atoms with Crippen LogP contribution in [-0.4, -0.2) is 0 Å². The van der Waals surface area contributed by atoms with E-state index in [4.69, 9.17) is 0 Å². The Kier molecular flexibility index (Phi) is 20.1. The molecule has 4 heavy (non-hydrogen) atoms. The number of rotatable bonds is 0. The monoisotopic (exact) mass is 225 g/mol. The molecule has 1 nitrogen and oxygen atoms in total. The normalized spacial score (nSPS) is 4.50. The van der Waals surface area contributed by atoms with Gasteiger partial charge in [-0.1, -0.05) is 0 Å². The standard InChI is InChI=1S/Br2O.V/c1-3-2;. The van der Waals surface area contributed by atoms with Crippen LogP contribution in [0.2, 0.25) is 0 Å². The summed E-state index contributed by atoms with van der Waals surface area (Å²) in [4.78, 5) is 0. The van der Waals surface area contributed by atoms with Crippen LogP contribution in [0.25, 0.3) is 0 Å². The van der Waals surface area contributed by atoms with E-state index < -0.39 is 0 Å². The molecule has 0 aromatic heterocycles. The van der Waals surface area contributed by atoms with Crippen molar-refractivity contribution in [3.8, 4) is 0 Å². The van der Waals surface area contributed by atoms with Gasteiger partial charge in [-0.25, -0.2) is 2.92 Å². The third kappa shape index (κ3) is 9.71. The molecule has 0 aromatic carbocycles. The van der Waals surface area contributed by atoms with Crippen molar-refractivity contribution in [3.63, 3.8) is 0 Å². The van der Waals surface area contributed by atoms with Crippen LogP contribution in [-0.2, 0) is 21.5 Å². The summed E-state index contributed by atoms with van der Waals surface area (Å²) in [5.41, 5.74) is 0. The molecule has 0 spiro atoms. The van der Waals surface area contributed by atoms with Gasteiger partial charge in [0.2, 0.25) is 0 Å². The molecule has 0 N–H and O–H groups in total. The Labute approximate surface area is 53.9 Å². The van der Waals surface area contributed by atoms with Gasteiger partial charge >= 0.3 is 0 Å². The summed E-state index contributed by atoms with van der Waals surface area (Å²) in [5.74, 6) is 0. The number of hydrogen-bond acceptors (Lipinski definition) is 1. The zero-order valence-electron chi connectivity index (χ0n) is 1.61. The zero-order chi connectivity index (χ0) is 2.71. The second-order valence-corrected chi connectivity index (χ2v) is 1.57. The average molecular weight is 227 g/mol. The summed E-state index contributed by atoms with van der Waals surface area (Å²) in [5, 5.41) is 0. The van der Waals surface area contributed by atoms with Crippen LogP contribution >= 0.6 is 32.5 Å². The van der Waals surface area contributed by atoms with Crippen LogP contribution in [0, 0.1) is 0 Å². The van der Waals surface area contributed by atoms with Crippen LogP contribution in [0.4, 0.5) is 0 Å². The molecule has 1 radical (unpaired) electrons. The molecule has 0 fully saturated rings. The predicted octanol–water partition coefficient (Wildman–Crippen LogP) is 1.62. The quantitative estimate of drug-likeness (QED) is 0.610. The molecule has 0 aliphatic carbocycles. The first-order valence-corrected chi connectivity index (χ1v) is 1.60. The Morgan fingerprint density at radius 3 is 1.25 bits per heavy atom. The van der Waals surface area contributed by atoms with Gasteiger partial charge in [-0.05, 0) is 0 Å². The smallest absolute Gasteiger partial charge is 0.115 e. The Hall–Kier alpha value is 1.50. The van der Waals surface area contributed by atoms with Gasteiger partial charge in [0, 0.05) is 18.6 Å². The Bertz CT molecular complexity index is 6.00. The third-order valence-corrected chi connectivity index (χ3v) is 0. The summed E-state index contributed by atoms with van der Waals surface area (Å²) in [7, 11) is 0. The van der Waals surface area contributed by atoms with Gasteiger partial charge in [0.05, 0.1) is 0 Å². The van der Waals surface area contributed by atoms with Crippen LogP contribution in [0.3, 0.4) is 0 Å². The summed E-state index contributed by atoms with van der Waals surface area (Å²) < 4.78 is 3.88. The summed E-state index contributed by atoms with van der Waals surface area (Å²) >= 11 is 5.12. The van der Waals surface area contributed by atoms with E-state index in [-0.39, 0.29) is 18.6 Å². The average Bonchev–Trinajstić information content (AvgIpc) is 0.918. The van der Waals surface area contributed by atoms with Gasteiger partial charge in [0.1, 0.15) is 32.5 Å². The van der Waals surface area contributed by atoms with E-state index in [0.29, 0.717) is 0 Å². The van der Waals surface area contributed by atoms with Gasteiger partial charge in [-0.15, -0.1) is 0 Å². The first kappa shape index (κ1) is 9.09. The summed E-state index contributed by atoms with van der Waals surface area (Å²) in [6.45, 7) is 0. The Morgan fingerprint density at radius 1 is 1.25 bits per heavy atom. The van der Waals surface area contributed by atoms with E-state index in [1.54, 1.807) is 0 Å². The van der Waals surface area contributed by atoms with Crippen molar-refractivity contribution in [2.45, 2.75) is 0 Å². The molecule has 25 valence electrons. The molecule has 0 saturated heterocycles. The maximum Gasteiger partial charge on any atom is 0.115 e. The van der Waals surface area contributed by atoms with Gasteiger partial charge in [-0.2, -0.15) is 0 Å². The van der Waals surface area contributed by atoms with Crippen LogP contribution in [0.5, 0.6) is 0 Å². The number of hydrogen-bond donors (Lipinski definition) is 0. The molecule has 0 heterocycles. The van der Waals surface area contributed by atoms with Crippen LogP contribution in [0.1, 0.15) is 0 Å². The van der Waals surface area contributed by atoms with Crippen molar-refractivity contribution in [2.24, 2.45) is 0 Å². The maximum absolute atomic E-state index is 3.88. The SMILES string of the molecule is BrOBr.[V]. The molecular weight excluding hydrogens is 227 g/mol. The molecule has 4 heteroatoms. The Balaban J connectivity index is 0. The predicted molar refractivity (Wildman–Crippen MR) is 18.9 cm³/mol. The van der Waals surface area contributed by atoms with E-state index in [2.05, 4.69) is 35.4 Å². The van der Waals surface area contributed by atoms with E-state index >= 15 is 0 Å². The van der Waals surface area contributed by atoms with E-state index in [1.807, 2.05) is 0 Å². The topological polar surface area (TPSA) is 9.23 Å². The third-order valence-electron chi connectivity index (χ3n) is 0. The largest absolute Gasteiger partial charge is 0.230 e. The Morgan fingerprint density at radius 2 is 1.25 bits per heavy atom. The van der Waals surface area contributed by atoms with Gasteiger partial charge < -0.3 is 0 Å². The number of halogens is 2. The van der Waals surface area contributed by atoms with Crippen molar-refractivity contribution < 1.29 is 21.5 Å². The zero-order valence-corrected chi connectivity index (χ0v) is 6.18. The van der Waals surface area contributed by atoms with E-state index in [9.17, 15) is 0 Å². The van der Waals surface area contributed by atoms with Crippen molar-refractivity contribution in [3.05, 3.63) is 0 Å². The molecule has 0 atom stereocenters. The fourth-order valence-electron chi connectivity index (χ4n) is 0. The minimum Gasteiger partial charge on any atom is -0.230 e. The van der Waals surface area contributed by atoms with Crippen LogP contribution in [0.15, 0.2) is 0 Å². The first-order valence-electron chi connectivity index (χ1n) is 0.309. The van der Waals surface area contributed by atoms with Crippen molar-refractivity contribution in [1.82, 2.24) is 0 Å². The van der Waals surface area contributed by atoms with E-state index in [1.165, 1.54) is 0 Å². The van der Waals surface area contributed by atoms with Crippen molar-refractivity contribution >= 4 is 32.5 Å². The van der Waals surface area contributed by atoms with Crippen LogP contribution < -0.4 is 0 Å². The second-order valence-electron chi connectivity index (χ2n) is 0.0583. The molecule has 0 saturated carbocycles. The molecule has 0 aliphatic rings. The molecule has 0 aromatic rings. The second kappa shape index (κ2) is 8.82. The van der Waals surface area contributed by atoms with Gasteiger partial charge in [0.15, 0.2) is 0 Å². The van der Waals surface area contributed by atoms with E-state index in [0.717, 1.165) is 0 Å². The maximum atomic E-state index is 3.88. The van der Waals surface area contributed by atoms with Crippen molar-refractivity contribution in [2.75, 3.05) is 0 Å².